The highest BCUT2D eigenvalue weighted by Gasteiger charge is 2.04. The molecule has 3 nitrogen and oxygen atoms in total. The fourth-order valence-corrected chi connectivity index (χ4v) is 2.65. The molecule has 20 heavy (non-hydrogen) atoms. The van der Waals surface area contributed by atoms with Crippen LogP contribution in [-0.2, 0) is 11.3 Å². The zero-order chi connectivity index (χ0) is 15.0. The first-order chi connectivity index (χ1) is 9.49. The molecular formula is C16H26N2OS. The lowest BCUT2D eigenvalue weighted by atomic mass is 10.2. The predicted molar refractivity (Wildman–Crippen MR) is 87.0 cm³/mol. The number of thioether (sulfide) groups is 1. The zero-order valence-corrected chi connectivity index (χ0v) is 13.8. The lowest BCUT2D eigenvalue weighted by molar-refractivity contribution is -0.128. The average Bonchev–Trinajstić information content (AvgIpc) is 2.38. The van der Waals surface area contributed by atoms with E-state index in [-0.39, 0.29) is 5.91 Å². The van der Waals surface area contributed by atoms with E-state index in [0.29, 0.717) is 12.3 Å². The van der Waals surface area contributed by atoms with Gasteiger partial charge in [-0.05, 0) is 30.2 Å². The van der Waals surface area contributed by atoms with Gasteiger partial charge in [0.1, 0.15) is 0 Å². The van der Waals surface area contributed by atoms with Crippen molar-refractivity contribution in [3.8, 4) is 0 Å². The van der Waals surface area contributed by atoms with Crippen LogP contribution in [0.3, 0.4) is 0 Å². The maximum absolute atomic E-state index is 11.5. The van der Waals surface area contributed by atoms with Crippen molar-refractivity contribution in [1.29, 1.82) is 0 Å². The van der Waals surface area contributed by atoms with E-state index in [2.05, 4.69) is 43.4 Å². The number of hydrogen-bond acceptors (Lipinski definition) is 3. The number of amides is 1. The number of nitrogens with one attached hydrogen (secondary N) is 1. The zero-order valence-electron chi connectivity index (χ0n) is 13.0. The summed E-state index contributed by atoms with van der Waals surface area (Å²) in [4.78, 5) is 14.4. The van der Waals surface area contributed by atoms with Gasteiger partial charge in [0.2, 0.25) is 5.91 Å². The number of rotatable bonds is 8. The Labute approximate surface area is 127 Å². The highest BCUT2D eigenvalue weighted by atomic mass is 32.2. The van der Waals surface area contributed by atoms with E-state index in [1.54, 1.807) is 30.8 Å². The molecule has 0 radical (unpaired) electrons. The van der Waals surface area contributed by atoms with Gasteiger partial charge in [0.25, 0.3) is 0 Å². The van der Waals surface area contributed by atoms with Gasteiger partial charge in [0, 0.05) is 37.7 Å². The van der Waals surface area contributed by atoms with Crippen molar-refractivity contribution in [2.45, 2.75) is 31.7 Å². The number of benzene rings is 1. The van der Waals surface area contributed by atoms with Crippen LogP contribution in [0.1, 0.15) is 25.8 Å². The van der Waals surface area contributed by atoms with Crippen LogP contribution in [0.15, 0.2) is 29.2 Å². The molecule has 0 aromatic heterocycles. The van der Waals surface area contributed by atoms with Crippen molar-refractivity contribution < 1.29 is 4.79 Å². The molecule has 1 aromatic rings. The quantitative estimate of drug-likeness (QED) is 0.748. The molecule has 1 amide bonds. The fraction of sp³-hybridized carbons (Fsp3) is 0.562. The van der Waals surface area contributed by atoms with Gasteiger partial charge in [-0.2, -0.15) is 0 Å². The summed E-state index contributed by atoms with van der Waals surface area (Å²) in [6.45, 7) is 6.36. The molecule has 0 saturated heterocycles. The molecule has 0 aliphatic rings. The van der Waals surface area contributed by atoms with Gasteiger partial charge in [-0.3, -0.25) is 4.79 Å². The summed E-state index contributed by atoms with van der Waals surface area (Å²) in [6.07, 6.45) is 0.591. The van der Waals surface area contributed by atoms with Crippen LogP contribution in [0.4, 0.5) is 0 Å². The second-order valence-electron chi connectivity index (χ2n) is 5.56. The fourth-order valence-electron chi connectivity index (χ4n) is 1.73. The Bertz CT molecular complexity index is 419. The van der Waals surface area contributed by atoms with Gasteiger partial charge in [-0.15, -0.1) is 11.8 Å². The molecule has 0 fully saturated rings. The van der Waals surface area contributed by atoms with Crippen LogP contribution in [0.5, 0.6) is 0 Å². The van der Waals surface area contributed by atoms with Gasteiger partial charge < -0.3 is 10.2 Å². The summed E-state index contributed by atoms with van der Waals surface area (Å²) in [5, 5.41) is 3.45. The SMILES string of the molecule is CC(C)CNCc1cccc(SCCC(=O)N(C)C)c1. The van der Waals surface area contributed by atoms with Crippen LogP contribution in [0, 0.1) is 5.92 Å². The molecule has 4 heteroatoms. The molecule has 0 aliphatic heterocycles. The van der Waals surface area contributed by atoms with E-state index < -0.39 is 0 Å². The minimum absolute atomic E-state index is 0.187. The van der Waals surface area contributed by atoms with Crippen LogP contribution in [-0.4, -0.2) is 37.2 Å². The van der Waals surface area contributed by atoms with Gasteiger partial charge in [-0.1, -0.05) is 26.0 Å². The maximum atomic E-state index is 11.5. The summed E-state index contributed by atoms with van der Waals surface area (Å²) in [6, 6.07) is 8.54. The van der Waals surface area contributed by atoms with Gasteiger partial charge in [-0.25, -0.2) is 0 Å². The highest BCUT2D eigenvalue weighted by Crippen LogP contribution is 2.20. The first-order valence-corrected chi connectivity index (χ1v) is 8.10. The van der Waals surface area contributed by atoms with E-state index in [1.807, 2.05) is 0 Å². The van der Waals surface area contributed by atoms with Gasteiger partial charge >= 0.3 is 0 Å². The number of hydrogen-bond donors (Lipinski definition) is 1. The van der Waals surface area contributed by atoms with E-state index >= 15 is 0 Å². The van der Waals surface area contributed by atoms with Crippen molar-refractivity contribution in [2.75, 3.05) is 26.4 Å². The minimum Gasteiger partial charge on any atom is -0.349 e. The molecule has 0 atom stereocenters. The molecule has 1 aromatic carbocycles. The maximum Gasteiger partial charge on any atom is 0.222 e. The molecule has 0 unspecified atom stereocenters. The number of carbonyl (C=O) groups is 1. The minimum atomic E-state index is 0.187. The Balaban J connectivity index is 2.37. The lowest BCUT2D eigenvalue weighted by Crippen LogP contribution is -2.21. The lowest BCUT2D eigenvalue weighted by Gasteiger charge is -2.10. The molecular weight excluding hydrogens is 268 g/mol. The molecule has 0 bridgehead atoms. The van der Waals surface area contributed by atoms with Gasteiger partial charge in [0.15, 0.2) is 0 Å². The van der Waals surface area contributed by atoms with E-state index in [1.165, 1.54) is 10.5 Å². The van der Waals surface area contributed by atoms with Crippen LogP contribution in [0.25, 0.3) is 0 Å². The van der Waals surface area contributed by atoms with E-state index in [4.69, 9.17) is 0 Å². The van der Waals surface area contributed by atoms with E-state index in [0.717, 1.165) is 18.8 Å². The second kappa shape index (κ2) is 9.03. The molecule has 112 valence electrons. The average molecular weight is 294 g/mol. The molecule has 1 rings (SSSR count). The summed E-state index contributed by atoms with van der Waals surface area (Å²) >= 11 is 1.74. The van der Waals surface area contributed by atoms with Crippen molar-refractivity contribution in [3.63, 3.8) is 0 Å². The second-order valence-corrected chi connectivity index (χ2v) is 6.73. The van der Waals surface area contributed by atoms with E-state index in [9.17, 15) is 4.79 Å². The Morgan fingerprint density at radius 2 is 2.10 bits per heavy atom. The molecule has 0 heterocycles. The van der Waals surface area contributed by atoms with Crippen molar-refractivity contribution in [3.05, 3.63) is 29.8 Å². The first-order valence-electron chi connectivity index (χ1n) is 7.11. The summed E-state index contributed by atoms with van der Waals surface area (Å²) in [7, 11) is 3.60. The number of carbonyl (C=O) groups excluding carboxylic acids is 1. The van der Waals surface area contributed by atoms with Crippen LogP contribution in [0.2, 0.25) is 0 Å². The third kappa shape index (κ3) is 6.96. The highest BCUT2D eigenvalue weighted by molar-refractivity contribution is 7.99. The van der Waals surface area contributed by atoms with Crippen molar-refractivity contribution in [2.24, 2.45) is 5.92 Å². The molecule has 0 aliphatic carbocycles. The largest absolute Gasteiger partial charge is 0.349 e. The summed E-state index contributed by atoms with van der Waals surface area (Å²) < 4.78 is 0. The third-order valence-corrected chi connectivity index (χ3v) is 3.86. The monoisotopic (exact) mass is 294 g/mol. The summed E-state index contributed by atoms with van der Waals surface area (Å²) in [5.74, 6) is 1.69. The van der Waals surface area contributed by atoms with Crippen molar-refractivity contribution >= 4 is 17.7 Å². The Kier molecular flexibility index (Phi) is 7.70. The normalized spacial score (nSPS) is 10.8. The molecule has 0 saturated carbocycles. The Hall–Kier alpha value is -1.00. The molecule has 1 N–H and O–H groups in total. The predicted octanol–water partition coefficient (Wildman–Crippen LogP) is 3.00. The number of nitrogens with zero attached hydrogens (tertiary/aromatic N) is 1. The Morgan fingerprint density at radius 1 is 1.35 bits per heavy atom. The summed E-state index contributed by atoms with van der Waals surface area (Å²) in [5.41, 5.74) is 1.30. The van der Waals surface area contributed by atoms with Crippen molar-refractivity contribution in [1.82, 2.24) is 10.2 Å². The first kappa shape index (κ1) is 17.1. The van der Waals surface area contributed by atoms with Crippen LogP contribution < -0.4 is 5.32 Å². The molecule has 0 spiro atoms. The standard InChI is InChI=1S/C16H26N2OS/c1-13(2)11-17-12-14-6-5-7-15(10-14)20-9-8-16(19)18(3)4/h5-7,10,13,17H,8-9,11-12H2,1-4H3. The topological polar surface area (TPSA) is 32.3 Å². The Morgan fingerprint density at radius 3 is 2.75 bits per heavy atom. The van der Waals surface area contributed by atoms with Crippen LogP contribution >= 0.6 is 11.8 Å². The van der Waals surface area contributed by atoms with Gasteiger partial charge in [0.05, 0.1) is 0 Å². The third-order valence-electron chi connectivity index (χ3n) is 2.86. The smallest absolute Gasteiger partial charge is 0.222 e.